The van der Waals surface area contributed by atoms with Crippen LogP contribution in [0.25, 0.3) is 0 Å². The van der Waals surface area contributed by atoms with Crippen LogP contribution >= 0.6 is 0 Å². The number of benzene rings is 2. The van der Waals surface area contributed by atoms with E-state index in [9.17, 15) is 20.1 Å². The number of primary amides is 1. The van der Waals surface area contributed by atoms with E-state index in [2.05, 4.69) is 56.5 Å². The third-order valence-electron chi connectivity index (χ3n) is 6.05. The molecule has 0 aliphatic carbocycles. The number of phenols is 1. The number of amidine groups is 1. The summed E-state index contributed by atoms with van der Waals surface area (Å²) in [6.45, 7) is 4.04. The van der Waals surface area contributed by atoms with Crippen LogP contribution in [0.5, 0.6) is 5.75 Å². The van der Waals surface area contributed by atoms with Crippen LogP contribution in [0.1, 0.15) is 22.4 Å². The van der Waals surface area contributed by atoms with E-state index in [1.165, 1.54) is 5.56 Å². The van der Waals surface area contributed by atoms with Crippen LogP contribution in [-0.2, 0) is 4.74 Å². The molecule has 1 fully saturated rings. The predicted octanol–water partition coefficient (Wildman–Crippen LogP) is -0.171. The number of phenolic OH excluding ortho intramolecular Hbond substituents is 1. The van der Waals surface area contributed by atoms with Gasteiger partial charge in [-0.15, -0.1) is 5.10 Å². The first-order chi connectivity index (χ1) is 18.3. The fraction of sp³-hybridized carbons (Fsp3) is 0.360. The average molecular weight is 526 g/mol. The van der Waals surface area contributed by atoms with Gasteiger partial charge in [0.25, 0.3) is 5.91 Å². The first kappa shape index (κ1) is 27.0. The zero-order chi connectivity index (χ0) is 27.2. The lowest BCUT2D eigenvalue weighted by Gasteiger charge is -2.25. The molecule has 0 spiro atoms. The van der Waals surface area contributed by atoms with E-state index in [1.807, 2.05) is 12.1 Å². The number of nitrogens with two attached hydrogens (primary N) is 1. The third kappa shape index (κ3) is 6.26. The number of carbonyl (C=O) groups is 1. The monoisotopic (exact) mass is 525 g/mol. The van der Waals surface area contributed by atoms with E-state index in [0.29, 0.717) is 6.54 Å². The molecule has 2 aliphatic rings. The number of amides is 1. The number of aliphatic imine (C=N–C) groups is 1. The highest BCUT2D eigenvalue weighted by molar-refractivity contribution is 5.90. The van der Waals surface area contributed by atoms with Crippen molar-refractivity contribution in [1.29, 1.82) is 0 Å². The number of nitrogens with zero attached hydrogens (tertiary/aromatic N) is 5. The number of aromatic hydroxyl groups is 1. The highest BCUT2D eigenvalue weighted by atomic mass is 16.6. The topological polar surface area (TPSA) is 192 Å². The Balaban J connectivity index is 0.000000181. The van der Waals surface area contributed by atoms with Crippen molar-refractivity contribution in [3.05, 3.63) is 66.2 Å². The summed E-state index contributed by atoms with van der Waals surface area (Å²) < 4.78 is 6.25. The fourth-order valence-electron chi connectivity index (χ4n) is 4.03. The Morgan fingerprint density at radius 2 is 1.95 bits per heavy atom. The molecule has 0 unspecified atom stereocenters. The lowest BCUT2D eigenvalue weighted by Crippen LogP contribution is -2.33. The van der Waals surface area contributed by atoms with Gasteiger partial charge in [0.1, 0.15) is 36.2 Å². The SMILES string of the molecule is Cc1ccc(N(CC2=NCCN2)c2cccc(O)c2)cc1.NC(=O)c1ncn([C@@H]2O[C@H](CO)[C@@H](O)[C@H]2O)n1. The number of rotatable bonds is 7. The van der Waals surface area contributed by atoms with E-state index in [-0.39, 0.29) is 11.6 Å². The van der Waals surface area contributed by atoms with Crippen molar-refractivity contribution in [3.8, 4) is 5.75 Å². The molecule has 7 N–H and O–H groups in total. The van der Waals surface area contributed by atoms with Gasteiger partial charge in [-0.1, -0.05) is 23.8 Å². The van der Waals surface area contributed by atoms with Crippen molar-refractivity contribution in [2.24, 2.45) is 10.7 Å². The number of aliphatic hydroxyl groups is 3. The molecule has 0 bridgehead atoms. The van der Waals surface area contributed by atoms with E-state index in [1.54, 1.807) is 12.1 Å². The molecule has 5 rings (SSSR count). The minimum atomic E-state index is -1.27. The second kappa shape index (κ2) is 12.0. The molecule has 1 saturated heterocycles. The maximum atomic E-state index is 10.8. The maximum Gasteiger partial charge on any atom is 0.288 e. The number of anilines is 2. The first-order valence-corrected chi connectivity index (χ1v) is 12.0. The molecule has 4 atom stereocenters. The van der Waals surface area contributed by atoms with E-state index >= 15 is 0 Å². The van der Waals surface area contributed by atoms with Crippen LogP contribution in [-0.4, -0.2) is 91.5 Å². The van der Waals surface area contributed by atoms with Gasteiger partial charge in [-0.05, 0) is 31.2 Å². The maximum absolute atomic E-state index is 10.8. The van der Waals surface area contributed by atoms with Crippen LogP contribution in [0.2, 0.25) is 0 Å². The van der Waals surface area contributed by atoms with Crippen LogP contribution in [0.15, 0.2) is 59.9 Å². The molecular formula is C25H31N7O6. The Labute approximate surface area is 218 Å². The van der Waals surface area contributed by atoms with Crippen molar-refractivity contribution < 1.29 is 30.0 Å². The Hall–Kier alpha value is -4.04. The van der Waals surface area contributed by atoms with E-state index < -0.39 is 37.1 Å². The summed E-state index contributed by atoms with van der Waals surface area (Å²) in [6, 6.07) is 15.7. The first-order valence-electron chi connectivity index (χ1n) is 12.0. The standard InChI is InChI=1S/C17H19N3O.C8H12N4O5/c1-13-5-7-14(8-6-13)20(12-17-18-9-10-19-17)15-3-2-4-16(21)11-15;9-6(16)7-10-2-12(11-7)8-5(15)4(14)3(1-13)17-8/h2-8,11,21H,9-10,12H2,1H3,(H,18,19);2-5,8,13-15H,1H2,(H2,9,16)/t;3-,4-,5-,8-/m.1/s1. The van der Waals surface area contributed by atoms with Crippen molar-refractivity contribution in [2.45, 2.75) is 31.5 Å². The minimum Gasteiger partial charge on any atom is -0.508 e. The fourth-order valence-corrected chi connectivity index (χ4v) is 4.03. The van der Waals surface area contributed by atoms with E-state index in [4.69, 9.17) is 15.6 Å². The summed E-state index contributed by atoms with van der Waals surface area (Å²) in [7, 11) is 0. The van der Waals surface area contributed by atoms with Crippen LogP contribution < -0.4 is 16.0 Å². The Kier molecular flexibility index (Phi) is 8.53. The Morgan fingerprint density at radius 3 is 2.53 bits per heavy atom. The molecule has 1 amide bonds. The summed E-state index contributed by atoms with van der Waals surface area (Å²) in [5.41, 5.74) is 8.24. The quantitative estimate of drug-likeness (QED) is 0.241. The highest BCUT2D eigenvalue weighted by Gasteiger charge is 2.44. The normalized spacial score (nSPS) is 22.3. The summed E-state index contributed by atoms with van der Waals surface area (Å²) in [5.74, 6) is 0.225. The molecule has 13 heteroatoms. The molecule has 3 heterocycles. The number of aliphatic hydroxyl groups excluding tert-OH is 3. The van der Waals surface area contributed by atoms with Crippen molar-refractivity contribution in [3.63, 3.8) is 0 Å². The minimum absolute atomic E-state index is 0.220. The molecule has 2 aliphatic heterocycles. The van der Waals surface area contributed by atoms with Crippen LogP contribution in [0.4, 0.5) is 11.4 Å². The molecule has 13 nitrogen and oxygen atoms in total. The van der Waals surface area contributed by atoms with Gasteiger partial charge < -0.3 is 41.1 Å². The molecule has 0 radical (unpaired) electrons. The number of ether oxygens (including phenoxy) is 1. The van der Waals surface area contributed by atoms with Gasteiger partial charge in [0.05, 0.1) is 19.7 Å². The lowest BCUT2D eigenvalue weighted by atomic mass is 10.1. The predicted molar refractivity (Wildman–Crippen MR) is 138 cm³/mol. The van der Waals surface area contributed by atoms with Gasteiger partial charge in [0.15, 0.2) is 6.23 Å². The Bertz CT molecular complexity index is 1270. The molecule has 1 aromatic heterocycles. The molecule has 202 valence electrons. The molecular weight excluding hydrogens is 494 g/mol. The van der Waals surface area contributed by atoms with Gasteiger partial charge in [-0.25, -0.2) is 9.67 Å². The molecule has 0 saturated carbocycles. The summed E-state index contributed by atoms with van der Waals surface area (Å²) >= 11 is 0. The van der Waals surface area contributed by atoms with Gasteiger partial charge in [-0.3, -0.25) is 9.79 Å². The van der Waals surface area contributed by atoms with Crippen molar-refractivity contribution in [2.75, 3.05) is 31.1 Å². The van der Waals surface area contributed by atoms with E-state index in [0.717, 1.165) is 41.3 Å². The Morgan fingerprint density at radius 1 is 1.18 bits per heavy atom. The average Bonchev–Trinajstić information content (AvgIpc) is 3.66. The number of aryl methyl sites for hydroxylation is 1. The van der Waals surface area contributed by atoms with Crippen molar-refractivity contribution >= 4 is 23.1 Å². The molecule has 2 aromatic carbocycles. The third-order valence-corrected chi connectivity index (χ3v) is 6.05. The smallest absolute Gasteiger partial charge is 0.288 e. The number of carbonyl (C=O) groups excluding carboxylic acids is 1. The van der Waals surface area contributed by atoms with Crippen molar-refractivity contribution in [1.82, 2.24) is 20.1 Å². The van der Waals surface area contributed by atoms with Gasteiger partial charge in [0.2, 0.25) is 5.82 Å². The second-order valence-corrected chi connectivity index (χ2v) is 8.84. The van der Waals surface area contributed by atoms with Gasteiger partial charge in [0, 0.05) is 24.0 Å². The van der Waals surface area contributed by atoms with Crippen LogP contribution in [0, 0.1) is 6.92 Å². The number of aromatic nitrogens is 3. The zero-order valence-corrected chi connectivity index (χ0v) is 20.8. The van der Waals surface area contributed by atoms with Gasteiger partial charge in [-0.2, -0.15) is 0 Å². The zero-order valence-electron chi connectivity index (χ0n) is 20.8. The number of hydrogen-bond acceptors (Lipinski definition) is 11. The highest BCUT2D eigenvalue weighted by Crippen LogP contribution is 2.29. The second-order valence-electron chi connectivity index (χ2n) is 8.84. The van der Waals surface area contributed by atoms with Gasteiger partial charge >= 0.3 is 0 Å². The summed E-state index contributed by atoms with van der Waals surface area (Å²) in [6.07, 6.45) is -3.26. The summed E-state index contributed by atoms with van der Waals surface area (Å²) in [5, 5.41) is 44.8. The molecule has 38 heavy (non-hydrogen) atoms. The van der Waals surface area contributed by atoms with Crippen LogP contribution in [0.3, 0.4) is 0 Å². The largest absolute Gasteiger partial charge is 0.508 e. The molecule has 3 aromatic rings. The number of nitrogens with one attached hydrogen (secondary N) is 1. The summed E-state index contributed by atoms with van der Waals surface area (Å²) in [4.78, 5) is 21.0. The number of hydrogen-bond donors (Lipinski definition) is 6. The lowest BCUT2D eigenvalue weighted by molar-refractivity contribution is -0.0588.